The topological polar surface area (TPSA) is 72.2 Å². The van der Waals surface area contributed by atoms with Crippen molar-refractivity contribution in [2.45, 2.75) is 4.90 Å². The van der Waals surface area contributed by atoms with Gasteiger partial charge in [0.2, 0.25) is 0 Å². The van der Waals surface area contributed by atoms with Gasteiger partial charge in [0, 0.05) is 11.6 Å². The van der Waals surface area contributed by atoms with Crippen LogP contribution in [0.5, 0.6) is 0 Å². The van der Waals surface area contributed by atoms with Gasteiger partial charge in [-0.15, -0.1) is 11.8 Å². The molecule has 0 radical (unpaired) electrons. The number of nitro benzene ring substituents is 1. The Labute approximate surface area is 134 Å². The maximum atomic E-state index is 13.7. The minimum Gasteiger partial charge on any atom is -0.319 e. The molecule has 0 fully saturated rings. The van der Waals surface area contributed by atoms with E-state index in [2.05, 4.69) is 5.32 Å². The molecule has 0 aliphatic carbocycles. The van der Waals surface area contributed by atoms with Crippen molar-refractivity contribution < 1.29 is 14.1 Å². The van der Waals surface area contributed by atoms with Crippen molar-refractivity contribution in [3.05, 3.63) is 62.9 Å². The van der Waals surface area contributed by atoms with Crippen LogP contribution in [0.1, 0.15) is 10.4 Å². The van der Waals surface area contributed by atoms with Crippen LogP contribution in [0.4, 0.5) is 15.8 Å². The Morgan fingerprint density at radius 2 is 2.09 bits per heavy atom. The van der Waals surface area contributed by atoms with Gasteiger partial charge < -0.3 is 5.32 Å². The van der Waals surface area contributed by atoms with Crippen molar-refractivity contribution in [1.82, 2.24) is 0 Å². The molecule has 0 bridgehead atoms. The van der Waals surface area contributed by atoms with Gasteiger partial charge in [-0.2, -0.15) is 0 Å². The van der Waals surface area contributed by atoms with E-state index < -0.39 is 16.6 Å². The Kier molecular flexibility index (Phi) is 4.99. The van der Waals surface area contributed by atoms with E-state index in [1.165, 1.54) is 42.1 Å². The number of carbonyl (C=O) groups excluding carboxylic acids is 1. The molecule has 0 saturated carbocycles. The van der Waals surface area contributed by atoms with E-state index in [9.17, 15) is 19.3 Å². The standard InChI is InChI=1S/C14H10ClFN2O3S/c1-22-12-6-5-8(7-11(12)18(20)21)14(19)17-10-4-2-3-9(15)13(10)16/h2-7H,1H3,(H,17,19). The van der Waals surface area contributed by atoms with Crippen LogP contribution in [-0.2, 0) is 0 Å². The first-order valence-electron chi connectivity index (χ1n) is 6.02. The first-order valence-corrected chi connectivity index (χ1v) is 7.62. The Bertz CT molecular complexity index is 755. The quantitative estimate of drug-likeness (QED) is 0.510. The van der Waals surface area contributed by atoms with E-state index >= 15 is 0 Å². The van der Waals surface area contributed by atoms with Gasteiger partial charge in [-0.3, -0.25) is 14.9 Å². The molecule has 1 N–H and O–H groups in total. The minimum absolute atomic E-state index is 0.0591. The molecule has 0 unspecified atom stereocenters. The number of thioether (sulfide) groups is 1. The van der Waals surface area contributed by atoms with E-state index in [4.69, 9.17) is 11.6 Å². The lowest BCUT2D eigenvalue weighted by Gasteiger charge is -2.08. The highest BCUT2D eigenvalue weighted by molar-refractivity contribution is 7.98. The number of benzene rings is 2. The van der Waals surface area contributed by atoms with Crippen LogP contribution in [0.3, 0.4) is 0 Å². The van der Waals surface area contributed by atoms with Crippen LogP contribution >= 0.6 is 23.4 Å². The molecule has 2 rings (SSSR count). The van der Waals surface area contributed by atoms with Crippen molar-refractivity contribution in [2.75, 3.05) is 11.6 Å². The smallest absolute Gasteiger partial charge is 0.283 e. The summed E-state index contributed by atoms with van der Waals surface area (Å²) in [6, 6.07) is 8.26. The Hall–Kier alpha value is -2.12. The molecule has 5 nitrogen and oxygen atoms in total. The molecule has 0 saturated heterocycles. The van der Waals surface area contributed by atoms with Gasteiger partial charge in [0.15, 0.2) is 5.82 Å². The highest BCUT2D eigenvalue weighted by Gasteiger charge is 2.18. The third kappa shape index (κ3) is 3.37. The summed E-state index contributed by atoms with van der Waals surface area (Å²) >= 11 is 6.83. The zero-order valence-electron chi connectivity index (χ0n) is 11.3. The number of anilines is 1. The minimum atomic E-state index is -0.757. The SMILES string of the molecule is CSc1ccc(C(=O)Nc2cccc(Cl)c2F)cc1[N+](=O)[O-]. The first kappa shape index (κ1) is 16.3. The molecule has 0 aliphatic heterocycles. The first-order chi connectivity index (χ1) is 10.4. The van der Waals surface area contributed by atoms with E-state index in [-0.39, 0.29) is 22.0 Å². The Balaban J connectivity index is 2.32. The highest BCUT2D eigenvalue weighted by atomic mass is 35.5. The number of carbonyl (C=O) groups is 1. The fourth-order valence-corrected chi connectivity index (χ4v) is 2.49. The summed E-state index contributed by atoms with van der Waals surface area (Å²) in [7, 11) is 0. The molecule has 0 spiro atoms. The van der Waals surface area contributed by atoms with E-state index in [0.717, 1.165) is 6.07 Å². The fraction of sp³-hybridized carbons (Fsp3) is 0.0714. The fourth-order valence-electron chi connectivity index (χ4n) is 1.77. The second-order valence-electron chi connectivity index (χ2n) is 4.20. The number of nitro groups is 1. The van der Waals surface area contributed by atoms with Crippen LogP contribution in [-0.4, -0.2) is 17.1 Å². The number of rotatable bonds is 4. The lowest BCUT2D eigenvalue weighted by molar-refractivity contribution is -0.387. The summed E-state index contributed by atoms with van der Waals surface area (Å²) in [5, 5.41) is 13.2. The van der Waals surface area contributed by atoms with E-state index in [1.807, 2.05) is 0 Å². The molecule has 114 valence electrons. The molecule has 0 heterocycles. The molecule has 0 aliphatic rings. The second-order valence-corrected chi connectivity index (χ2v) is 5.45. The predicted octanol–water partition coefficient (Wildman–Crippen LogP) is 4.36. The van der Waals surface area contributed by atoms with E-state index in [0.29, 0.717) is 4.90 Å². The second kappa shape index (κ2) is 6.76. The van der Waals surface area contributed by atoms with Gasteiger partial charge in [-0.1, -0.05) is 17.7 Å². The maximum absolute atomic E-state index is 13.7. The summed E-state index contributed by atoms with van der Waals surface area (Å²) < 4.78 is 13.7. The van der Waals surface area contributed by atoms with Gasteiger partial charge >= 0.3 is 0 Å². The van der Waals surface area contributed by atoms with Gasteiger partial charge in [0.25, 0.3) is 11.6 Å². The monoisotopic (exact) mass is 340 g/mol. The molecule has 0 aromatic heterocycles. The average molecular weight is 341 g/mol. The predicted molar refractivity (Wildman–Crippen MR) is 84.2 cm³/mol. The third-order valence-corrected chi connectivity index (χ3v) is 3.91. The summed E-state index contributed by atoms with van der Waals surface area (Å²) in [5.74, 6) is -1.41. The molecular weight excluding hydrogens is 331 g/mol. The third-order valence-electron chi connectivity index (χ3n) is 2.84. The lowest BCUT2D eigenvalue weighted by atomic mass is 10.2. The van der Waals surface area contributed by atoms with E-state index in [1.54, 1.807) is 6.26 Å². The molecule has 0 atom stereocenters. The van der Waals surface area contributed by atoms with Gasteiger partial charge in [-0.05, 0) is 30.5 Å². The summed E-state index contributed by atoms with van der Waals surface area (Å²) in [6.07, 6.45) is 1.70. The van der Waals surface area contributed by atoms with Crippen LogP contribution in [0.25, 0.3) is 0 Å². The molecule has 1 amide bonds. The molecular formula is C14H10ClFN2O3S. The Morgan fingerprint density at radius 1 is 1.36 bits per heavy atom. The van der Waals surface area contributed by atoms with Gasteiger partial charge in [0.1, 0.15) is 0 Å². The number of halogens is 2. The molecule has 8 heteroatoms. The van der Waals surface area contributed by atoms with Gasteiger partial charge in [-0.25, -0.2) is 4.39 Å². The van der Waals surface area contributed by atoms with Crippen molar-refractivity contribution >= 4 is 40.6 Å². The Morgan fingerprint density at radius 3 is 2.73 bits per heavy atom. The normalized spacial score (nSPS) is 10.3. The number of hydrogen-bond donors (Lipinski definition) is 1. The summed E-state index contributed by atoms with van der Waals surface area (Å²) in [5.41, 5.74) is -0.204. The molecule has 2 aromatic rings. The number of hydrogen-bond acceptors (Lipinski definition) is 4. The zero-order valence-corrected chi connectivity index (χ0v) is 12.9. The number of amides is 1. The summed E-state index contributed by atoms with van der Waals surface area (Å²) in [6.45, 7) is 0. The van der Waals surface area contributed by atoms with Crippen LogP contribution in [0, 0.1) is 15.9 Å². The van der Waals surface area contributed by atoms with Crippen LogP contribution in [0.2, 0.25) is 5.02 Å². The summed E-state index contributed by atoms with van der Waals surface area (Å²) in [4.78, 5) is 23.0. The van der Waals surface area contributed by atoms with Crippen molar-refractivity contribution in [1.29, 1.82) is 0 Å². The number of nitrogens with one attached hydrogen (secondary N) is 1. The van der Waals surface area contributed by atoms with Crippen molar-refractivity contribution in [2.24, 2.45) is 0 Å². The van der Waals surface area contributed by atoms with Crippen molar-refractivity contribution in [3.63, 3.8) is 0 Å². The maximum Gasteiger partial charge on any atom is 0.283 e. The average Bonchev–Trinajstić information content (AvgIpc) is 2.51. The number of nitrogens with zero attached hydrogens (tertiary/aromatic N) is 1. The molecule has 2 aromatic carbocycles. The molecule has 22 heavy (non-hydrogen) atoms. The largest absolute Gasteiger partial charge is 0.319 e. The highest BCUT2D eigenvalue weighted by Crippen LogP contribution is 2.29. The lowest BCUT2D eigenvalue weighted by Crippen LogP contribution is -2.13. The van der Waals surface area contributed by atoms with Crippen molar-refractivity contribution in [3.8, 4) is 0 Å². The van der Waals surface area contributed by atoms with Crippen LogP contribution < -0.4 is 5.32 Å². The zero-order chi connectivity index (χ0) is 16.3. The van der Waals surface area contributed by atoms with Gasteiger partial charge in [0.05, 0.1) is 20.5 Å². The van der Waals surface area contributed by atoms with Crippen LogP contribution in [0.15, 0.2) is 41.3 Å².